The molecule has 0 saturated carbocycles. The van der Waals surface area contributed by atoms with Crippen LogP contribution in [0.5, 0.6) is 0 Å². The lowest BCUT2D eigenvalue weighted by atomic mass is 10.1. The Morgan fingerprint density at radius 1 is 1.00 bits per heavy atom. The number of anilines is 2. The van der Waals surface area contributed by atoms with E-state index in [1.54, 1.807) is 19.2 Å². The highest BCUT2D eigenvalue weighted by molar-refractivity contribution is 7.92. The summed E-state index contributed by atoms with van der Waals surface area (Å²) < 4.78 is 40.4. The lowest BCUT2D eigenvalue weighted by Crippen LogP contribution is -2.26. The van der Waals surface area contributed by atoms with Crippen molar-refractivity contribution in [3.8, 4) is 0 Å². The Morgan fingerprint density at radius 3 is 2.29 bits per heavy atom. The van der Waals surface area contributed by atoms with Crippen LogP contribution in [0, 0.1) is 5.82 Å². The van der Waals surface area contributed by atoms with E-state index < -0.39 is 15.8 Å². The second-order valence-electron chi connectivity index (χ2n) is 5.95. The molecule has 8 heteroatoms. The summed E-state index contributed by atoms with van der Waals surface area (Å²) in [4.78, 5) is 14.1. The molecule has 0 saturated heterocycles. The molecule has 3 rings (SSSR count). The molecule has 0 aromatic heterocycles. The summed E-state index contributed by atoms with van der Waals surface area (Å²) in [6, 6.07) is 17.7. The SMILES string of the molecule is CN(C(=O)c1ccc(Cl)c(NS(=O)(=O)c2ccc(F)cc2)c1)c1ccccc1. The number of halogens is 2. The van der Waals surface area contributed by atoms with Crippen molar-refractivity contribution in [2.45, 2.75) is 4.90 Å². The number of hydrogen-bond donors (Lipinski definition) is 1. The van der Waals surface area contributed by atoms with Crippen LogP contribution in [0.3, 0.4) is 0 Å². The first kappa shape index (κ1) is 19.9. The van der Waals surface area contributed by atoms with E-state index in [1.807, 2.05) is 18.2 Å². The number of carbonyl (C=O) groups is 1. The predicted molar refractivity (Wildman–Crippen MR) is 108 cm³/mol. The van der Waals surface area contributed by atoms with Gasteiger partial charge in [0.15, 0.2) is 0 Å². The summed E-state index contributed by atoms with van der Waals surface area (Å²) >= 11 is 6.10. The monoisotopic (exact) mass is 418 g/mol. The zero-order valence-electron chi connectivity index (χ0n) is 14.8. The number of nitrogens with one attached hydrogen (secondary N) is 1. The minimum absolute atomic E-state index is 0.0540. The van der Waals surface area contributed by atoms with Gasteiger partial charge in [0.1, 0.15) is 5.82 Å². The van der Waals surface area contributed by atoms with Gasteiger partial charge in [-0.1, -0.05) is 29.8 Å². The molecule has 0 bridgehead atoms. The fourth-order valence-electron chi connectivity index (χ4n) is 2.52. The Morgan fingerprint density at radius 2 is 1.64 bits per heavy atom. The van der Waals surface area contributed by atoms with Crippen molar-refractivity contribution in [2.75, 3.05) is 16.7 Å². The number of nitrogens with zero attached hydrogens (tertiary/aromatic N) is 1. The second-order valence-corrected chi connectivity index (χ2v) is 8.04. The summed E-state index contributed by atoms with van der Waals surface area (Å²) in [6.07, 6.45) is 0. The summed E-state index contributed by atoms with van der Waals surface area (Å²) in [5, 5.41) is 0.129. The van der Waals surface area contributed by atoms with Crippen LogP contribution in [-0.2, 0) is 10.0 Å². The van der Waals surface area contributed by atoms with Crippen molar-refractivity contribution in [2.24, 2.45) is 0 Å². The Kier molecular flexibility index (Phi) is 5.67. The van der Waals surface area contributed by atoms with Crippen LogP contribution < -0.4 is 9.62 Å². The van der Waals surface area contributed by atoms with Crippen LogP contribution in [0.25, 0.3) is 0 Å². The third kappa shape index (κ3) is 4.32. The maximum atomic E-state index is 13.0. The van der Waals surface area contributed by atoms with Gasteiger partial charge in [-0.2, -0.15) is 0 Å². The molecule has 144 valence electrons. The smallest absolute Gasteiger partial charge is 0.261 e. The highest BCUT2D eigenvalue weighted by Crippen LogP contribution is 2.27. The van der Waals surface area contributed by atoms with Crippen LogP contribution in [0.2, 0.25) is 5.02 Å². The molecule has 0 fully saturated rings. The molecular weight excluding hydrogens is 403 g/mol. The third-order valence-electron chi connectivity index (χ3n) is 4.03. The van der Waals surface area contributed by atoms with Gasteiger partial charge in [-0.25, -0.2) is 12.8 Å². The lowest BCUT2D eigenvalue weighted by molar-refractivity contribution is 0.0993. The number of hydrogen-bond acceptors (Lipinski definition) is 3. The highest BCUT2D eigenvalue weighted by Gasteiger charge is 2.19. The first-order valence-electron chi connectivity index (χ1n) is 8.19. The van der Waals surface area contributed by atoms with Crippen molar-refractivity contribution in [1.82, 2.24) is 0 Å². The Bertz CT molecular complexity index is 1100. The van der Waals surface area contributed by atoms with Gasteiger partial charge in [0, 0.05) is 18.3 Å². The van der Waals surface area contributed by atoms with Gasteiger partial charge >= 0.3 is 0 Å². The van der Waals surface area contributed by atoms with E-state index in [9.17, 15) is 17.6 Å². The molecule has 0 aliphatic heterocycles. The molecular formula is C20H16ClFN2O3S. The normalized spacial score (nSPS) is 11.1. The summed E-state index contributed by atoms with van der Waals surface area (Å²) in [7, 11) is -2.37. The fourth-order valence-corrected chi connectivity index (χ4v) is 3.81. The van der Waals surface area contributed by atoms with Crippen molar-refractivity contribution in [1.29, 1.82) is 0 Å². The van der Waals surface area contributed by atoms with Crippen LogP contribution in [0.1, 0.15) is 10.4 Å². The molecule has 3 aromatic rings. The van der Waals surface area contributed by atoms with Gasteiger partial charge in [0.25, 0.3) is 15.9 Å². The first-order valence-corrected chi connectivity index (χ1v) is 10.0. The van der Waals surface area contributed by atoms with Crippen molar-refractivity contribution in [3.63, 3.8) is 0 Å². The Hall–Kier alpha value is -2.90. The molecule has 1 N–H and O–H groups in total. The maximum absolute atomic E-state index is 13.0. The van der Waals surface area contributed by atoms with Crippen LogP contribution in [-0.4, -0.2) is 21.4 Å². The van der Waals surface area contributed by atoms with E-state index >= 15 is 0 Å². The van der Waals surface area contributed by atoms with Gasteiger partial charge in [-0.3, -0.25) is 9.52 Å². The van der Waals surface area contributed by atoms with Crippen molar-refractivity contribution < 1.29 is 17.6 Å². The third-order valence-corrected chi connectivity index (χ3v) is 5.74. The topological polar surface area (TPSA) is 66.5 Å². The zero-order valence-corrected chi connectivity index (χ0v) is 16.3. The molecule has 0 spiro atoms. The minimum Gasteiger partial charge on any atom is -0.311 e. The van der Waals surface area contributed by atoms with Gasteiger partial charge in [-0.15, -0.1) is 0 Å². The number of carbonyl (C=O) groups excluding carboxylic acids is 1. The van der Waals surface area contributed by atoms with Crippen LogP contribution in [0.4, 0.5) is 15.8 Å². The average molecular weight is 419 g/mol. The lowest BCUT2D eigenvalue weighted by Gasteiger charge is -2.18. The van der Waals surface area contributed by atoms with E-state index in [0.29, 0.717) is 5.69 Å². The van der Waals surface area contributed by atoms with E-state index in [1.165, 1.54) is 23.1 Å². The minimum atomic E-state index is -3.99. The van der Waals surface area contributed by atoms with Gasteiger partial charge in [0.2, 0.25) is 0 Å². The molecule has 0 radical (unpaired) electrons. The Labute approximate surface area is 167 Å². The van der Waals surface area contributed by atoms with Crippen molar-refractivity contribution >= 4 is 38.9 Å². The molecule has 0 unspecified atom stereocenters. The summed E-state index contributed by atoms with van der Waals surface area (Å²) in [6.45, 7) is 0. The molecule has 0 heterocycles. The molecule has 5 nitrogen and oxygen atoms in total. The van der Waals surface area contributed by atoms with Gasteiger partial charge in [-0.05, 0) is 54.6 Å². The number of para-hydroxylation sites is 1. The van der Waals surface area contributed by atoms with Crippen molar-refractivity contribution in [3.05, 3.63) is 89.2 Å². The second kappa shape index (κ2) is 8.00. The average Bonchev–Trinajstić information content (AvgIpc) is 2.69. The largest absolute Gasteiger partial charge is 0.311 e. The summed E-state index contributed by atoms with van der Waals surface area (Å²) in [5.41, 5.74) is 1.00. The highest BCUT2D eigenvalue weighted by atomic mass is 35.5. The first-order chi connectivity index (χ1) is 13.3. The molecule has 0 atom stereocenters. The zero-order chi connectivity index (χ0) is 20.3. The van der Waals surface area contributed by atoms with E-state index in [4.69, 9.17) is 11.6 Å². The molecule has 3 aromatic carbocycles. The van der Waals surface area contributed by atoms with Gasteiger partial charge < -0.3 is 4.90 Å². The number of amides is 1. The molecule has 28 heavy (non-hydrogen) atoms. The molecule has 0 aliphatic carbocycles. The number of benzene rings is 3. The summed E-state index contributed by atoms with van der Waals surface area (Å²) in [5.74, 6) is -0.876. The van der Waals surface area contributed by atoms with Crippen LogP contribution in [0.15, 0.2) is 77.7 Å². The maximum Gasteiger partial charge on any atom is 0.261 e. The molecule has 0 aliphatic rings. The van der Waals surface area contributed by atoms with E-state index in [-0.39, 0.29) is 27.1 Å². The Balaban J connectivity index is 1.89. The standard InChI is InChI=1S/C20H16ClFN2O3S/c1-24(16-5-3-2-4-6-16)20(25)14-7-12-18(21)19(13-14)23-28(26,27)17-10-8-15(22)9-11-17/h2-13,23H,1H3. The quantitative estimate of drug-likeness (QED) is 0.660. The molecule has 1 amide bonds. The van der Waals surface area contributed by atoms with E-state index in [0.717, 1.165) is 24.3 Å². The predicted octanol–water partition coefficient (Wildman–Crippen LogP) is 4.56. The van der Waals surface area contributed by atoms with Crippen LogP contribution >= 0.6 is 11.6 Å². The fraction of sp³-hybridized carbons (Fsp3) is 0.0500. The van der Waals surface area contributed by atoms with Gasteiger partial charge in [0.05, 0.1) is 15.6 Å². The number of rotatable bonds is 5. The number of sulfonamides is 1. The van der Waals surface area contributed by atoms with E-state index in [2.05, 4.69) is 4.72 Å².